The lowest BCUT2D eigenvalue weighted by molar-refractivity contribution is 0.247. The first-order valence-electron chi connectivity index (χ1n) is 7.97. The summed E-state index contributed by atoms with van der Waals surface area (Å²) in [5, 5.41) is 3.61. The van der Waals surface area contributed by atoms with Crippen LogP contribution in [0.25, 0.3) is 0 Å². The van der Waals surface area contributed by atoms with E-state index in [1.165, 1.54) is 37.7 Å². The van der Waals surface area contributed by atoms with Gasteiger partial charge in [0.05, 0.1) is 0 Å². The van der Waals surface area contributed by atoms with E-state index in [-0.39, 0.29) is 5.82 Å². The molecule has 1 aromatic rings. The molecule has 0 spiro atoms. The lowest BCUT2D eigenvalue weighted by Gasteiger charge is -2.51. The molecule has 2 aliphatic heterocycles. The topological polar surface area (TPSA) is 15.3 Å². The second-order valence-electron chi connectivity index (χ2n) is 6.30. The van der Waals surface area contributed by atoms with Gasteiger partial charge in [-0.05, 0) is 63.3 Å². The Morgan fingerprint density at radius 3 is 2.60 bits per heavy atom. The Bertz CT molecular complexity index is 460. The van der Waals surface area contributed by atoms with Crippen LogP contribution in [-0.2, 0) is 0 Å². The Labute approximate surface area is 121 Å². The fourth-order valence-electron chi connectivity index (χ4n) is 4.09. The predicted octanol–water partition coefficient (Wildman–Crippen LogP) is 3.63. The van der Waals surface area contributed by atoms with Gasteiger partial charge in [0.2, 0.25) is 0 Å². The highest BCUT2D eigenvalue weighted by Crippen LogP contribution is 2.39. The zero-order valence-electron chi connectivity index (χ0n) is 12.5. The molecule has 0 aromatic heterocycles. The second kappa shape index (κ2) is 5.72. The monoisotopic (exact) mass is 276 g/mol. The highest BCUT2D eigenvalue weighted by atomic mass is 19.1. The van der Waals surface area contributed by atoms with E-state index in [2.05, 4.69) is 24.1 Å². The molecular weight excluding hydrogens is 251 g/mol. The van der Waals surface area contributed by atoms with Crippen molar-refractivity contribution in [3.8, 4) is 0 Å². The van der Waals surface area contributed by atoms with Gasteiger partial charge in [-0.15, -0.1) is 0 Å². The van der Waals surface area contributed by atoms with Crippen LogP contribution in [0.15, 0.2) is 18.2 Å². The molecule has 0 aliphatic carbocycles. The van der Waals surface area contributed by atoms with Crippen LogP contribution in [0.1, 0.15) is 44.6 Å². The molecule has 0 saturated carbocycles. The first-order chi connectivity index (χ1) is 9.69. The largest absolute Gasteiger partial charge is 0.365 e. The Morgan fingerprint density at radius 1 is 1.25 bits per heavy atom. The van der Waals surface area contributed by atoms with Crippen molar-refractivity contribution in [3.05, 3.63) is 29.6 Å². The third kappa shape index (κ3) is 2.56. The second-order valence-corrected chi connectivity index (χ2v) is 6.30. The van der Waals surface area contributed by atoms with E-state index >= 15 is 0 Å². The number of aryl methyl sites for hydroxylation is 1. The molecule has 1 aromatic carbocycles. The number of piperidine rings is 2. The fraction of sp³-hybridized carbons (Fsp3) is 0.647. The summed E-state index contributed by atoms with van der Waals surface area (Å²) in [6.07, 6.45) is 6.20. The number of hydrogen-bond donors (Lipinski definition) is 1. The minimum atomic E-state index is -0.113. The molecule has 2 fully saturated rings. The number of nitrogens with one attached hydrogen (secondary N) is 1. The number of benzene rings is 1. The maximum atomic E-state index is 13.6. The molecule has 0 amide bonds. The van der Waals surface area contributed by atoms with E-state index in [0.29, 0.717) is 18.1 Å². The minimum Gasteiger partial charge on any atom is -0.365 e. The van der Waals surface area contributed by atoms with Gasteiger partial charge < -0.3 is 10.2 Å². The third-order valence-corrected chi connectivity index (χ3v) is 4.92. The summed E-state index contributed by atoms with van der Waals surface area (Å²) in [5.74, 6) is -0.113. The van der Waals surface area contributed by atoms with Gasteiger partial charge in [-0.25, -0.2) is 4.39 Å². The van der Waals surface area contributed by atoms with Gasteiger partial charge in [-0.1, -0.05) is 13.0 Å². The predicted molar refractivity (Wildman–Crippen MR) is 81.7 cm³/mol. The molecule has 2 nitrogen and oxygen atoms in total. The SMILES string of the molecule is CCNC1CC2CCCC(C1)N2c1cc(F)ccc1C. The molecule has 3 heteroatoms. The quantitative estimate of drug-likeness (QED) is 0.907. The average molecular weight is 276 g/mol. The zero-order chi connectivity index (χ0) is 14.1. The first-order valence-corrected chi connectivity index (χ1v) is 7.97. The first kappa shape index (κ1) is 13.9. The van der Waals surface area contributed by atoms with Crippen LogP contribution in [-0.4, -0.2) is 24.7 Å². The molecule has 0 radical (unpaired) electrons. The van der Waals surface area contributed by atoms with Crippen LogP contribution in [0.4, 0.5) is 10.1 Å². The molecule has 2 saturated heterocycles. The van der Waals surface area contributed by atoms with E-state index in [1.54, 1.807) is 12.1 Å². The van der Waals surface area contributed by atoms with Crippen LogP contribution >= 0.6 is 0 Å². The summed E-state index contributed by atoms with van der Waals surface area (Å²) in [7, 11) is 0. The molecule has 2 unspecified atom stereocenters. The number of hydrogen-bond acceptors (Lipinski definition) is 2. The van der Waals surface area contributed by atoms with E-state index in [4.69, 9.17) is 0 Å². The standard InChI is InChI=1S/C17H25FN2/c1-3-19-14-10-15-5-4-6-16(11-14)20(15)17-9-13(18)8-7-12(17)2/h7-9,14-16,19H,3-6,10-11H2,1-2H3. The normalized spacial score (nSPS) is 29.6. The van der Waals surface area contributed by atoms with Gasteiger partial charge in [0, 0.05) is 23.8 Å². The minimum absolute atomic E-state index is 0.113. The van der Waals surface area contributed by atoms with Crippen molar-refractivity contribution in [2.45, 2.75) is 64.1 Å². The van der Waals surface area contributed by atoms with Gasteiger partial charge in [-0.3, -0.25) is 0 Å². The Hall–Kier alpha value is -1.09. The number of halogens is 1. The van der Waals surface area contributed by atoms with E-state index in [9.17, 15) is 4.39 Å². The number of anilines is 1. The Balaban J connectivity index is 1.88. The smallest absolute Gasteiger partial charge is 0.125 e. The van der Waals surface area contributed by atoms with Gasteiger partial charge in [0.15, 0.2) is 0 Å². The van der Waals surface area contributed by atoms with Gasteiger partial charge >= 0.3 is 0 Å². The maximum absolute atomic E-state index is 13.6. The summed E-state index contributed by atoms with van der Waals surface area (Å²) in [6.45, 7) is 5.32. The lowest BCUT2D eigenvalue weighted by atomic mass is 9.81. The molecule has 1 N–H and O–H groups in total. The van der Waals surface area contributed by atoms with Crippen LogP contribution < -0.4 is 10.2 Å². The van der Waals surface area contributed by atoms with Crippen molar-refractivity contribution in [1.29, 1.82) is 0 Å². The highest BCUT2D eigenvalue weighted by molar-refractivity contribution is 5.56. The van der Waals surface area contributed by atoms with Crippen molar-refractivity contribution in [2.24, 2.45) is 0 Å². The molecule has 110 valence electrons. The van der Waals surface area contributed by atoms with Gasteiger partial charge in [0.25, 0.3) is 0 Å². The third-order valence-electron chi connectivity index (χ3n) is 4.92. The summed E-state index contributed by atoms with van der Waals surface area (Å²) < 4.78 is 13.6. The van der Waals surface area contributed by atoms with Gasteiger partial charge in [0.1, 0.15) is 5.82 Å². The average Bonchev–Trinajstić information content (AvgIpc) is 2.41. The fourth-order valence-corrected chi connectivity index (χ4v) is 4.09. The van der Waals surface area contributed by atoms with Crippen molar-refractivity contribution in [1.82, 2.24) is 5.32 Å². The van der Waals surface area contributed by atoms with Crippen LogP contribution in [0.5, 0.6) is 0 Å². The molecule has 20 heavy (non-hydrogen) atoms. The molecule has 2 aliphatic rings. The van der Waals surface area contributed by atoms with Crippen molar-refractivity contribution in [2.75, 3.05) is 11.4 Å². The van der Waals surface area contributed by atoms with E-state index < -0.39 is 0 Å². The Morgan fingerprint density at radius 2 is 1.95 bits per heavy atom. The van der Waals surface area contributed by atoms with Crippen molar-refractivity contribution < 1.29 is 4.39 Å². The number of nitrogens with zero attached hydrogens (tertiary/aromatic N) is 1. The molecule has 3 rings (SSSR count). The highest BCUT2D eigenvalue weighted by Gasteiger charge is 2.38. The van der Waals surface area contributed by atoms with Crippen LogP contribution in [0, 0.1) is 12.7 Å². The van der Waals surface area contributed by atoms with E-state index in [1.807, 2.05) is 6.07 Å². The zero-order valence-corrected chi connectivity index (χ0v) is 12.5. The summed E-state index contributed by atoms with van der Waals surface area (Å²) in [4.78, 5) is 2.52. The molecular formula is C17H25FN2. The number of fused-ring (bicyclic) bond motifs is 2. The molecule has 2 atom stereocenters. The summed E-state index contributed by atoms with van der Waals surface area (Å²) in [5.41, 5.74) is 2.32. The molecule has 2 heterocycles. The summed E-state index contributed by atoms with van der Waals surface area (Å²) in [6, 6.07) is 7.00. The van der Waals surface area contributed by atoms with Crippen molar-refractivity contribution >= 4 is 5.69 Å². The Kier molecular flexibility index (Phi) is 3.97. The van der Waals surface area contributed by atoms with Crippen LogP contribution in [0.3, 0.4) is 0 Å². The maximum Gasteiger partial charge on any atom is 0.125 e. The van der Waals surface area contributed by atoms with E-state index in [0.717, 1.165) is 12.2 Å². The van der Waals surface area contributed by atoms with Gasteiger partial charge in [-0.2, -0.15) is 0 Å². The summed E-state index contributed by atoms with van der Waals surface area (Å²) >= 11 is 0. The molecule has 2 bridgehead atoms. The number of rotatable bonds is 3. The lowest BCUT2D eigenvalue weighted by Crippen LogP contribution is -2.56. The van der Waals surface area contributed by atoms with Crippen molar-refractivity contribution in [3.63, 3.8) is 0 Å². The van der Waals surface area contributed by atoms with Crippen LogP contribution in [0.2, 0.25) is 0 Å².